The van der Waals surface area contributed by atoms with Crippen LogP contribution in [0.3, 0.4) is 0 Å². The minimum Gasteiger partial charge on any atom is -0.504 e. The van der Waals surface area contributed by atoms with Gasteiger partial charge in [-0.15, -0.1) is 0 Å². The zero-order valence-electron chi connectivity index (χ0n) is 13.4. The number of hydrogen-bond acceptors (Lipinski definition) is 5. The number of aromatic hydroxyl groups is 2. The minimum atomic E-state index is -0.398. The molecule has 2 aromatic rings. The molecule has 0 saturated heterocycles. The minimum absolute atomic E-state index is 0.216. The normalized spacial score (nSPS) is 10.7. The Balaban J connectivity index is 1.78. The van der Waals surface area contributed by atoms with E-state index in [9.17, 15) is 15.0 Å². The van der Waals surface area contributed by atoms with Crippen molar-refractivity contribution in [2.45, 2.75) is 12.8 Å². The molecular weight excluding hydrogens is 308 g/mol. The summed E-state index contributed by atoms with van der Waals surface area (Å²) in [5.41, 5.74) is 1.72. The maximum Gasteiger partial charge on any atom is 0.330 e. The Kier molecular flexibility index (Phi) is 6.25. The van der Waals surface area contributed by atoms with Crippen LogP contribution in [0.1, 0.15) is 17.5 Å². The third-order valence-electron chi connectivity index (χ3n) is 3.40. The van der Waals surface area contributed by atoms with Crippen molar-refractivity contribution in [3.05, 3.63) is 59.7 Å². The highest BCUT2D eigenvalue weighted by molar-refractivity contribution is 5.87. The molecule has 0 atom stereocenters. The molecule has 0 heterocycles. The molecule has 0 radical (unpaired) electrons. The first-order valence-electron chi connectivity index (χ1n) is 7.59. The Morgan fingerprint density at radius 1 is 1.17 bits per heavy atom. The number of carbonyl (C=O) groups is 1. The van der Waals surface area contributed by atoms with Gasteiger partial charge in [0.25, 0.3) is 0 Å². The third kappa shape index (κ3) is 5.05. The number of methoxy groups -OCH3 is 1. The first-order chi connectivity index (χ1) is 11.6. The monoisotopic (exact) mass is 328 g/mol. The van der Waals surface area contributed by atoms with Crippen molar-refractivity contribution in [3.8, 4) is 17.2 Å². The Hall–Kier alpha value is -2.95. The number of benzene rings is 2. The van der Waals surface area contributed by atoms with E-state index in [4.69, 9.17) is 9.47 Å². The summed E-state index contributed by atoms with van der Waals surface area (Å²) in [6.07, 6.45) is 4.27. The Bertz CT molecular complexity index is 707. The topological polar surface area (TPSA) is 76.0 Å². The van der Waals surface area contributed by atoms with Crippen LogP contribution in [0.25, 0.3) is 6.08 Å². The predicted molar refractivity (Wildman–Crippen MR) is 91.1 cm³/mol. The van der Waals surface area contributed by atoms with Gasteiger partial charge in [0.2, 0.25) is 5.75 Å². The molecule has 0 saturated carbocycles. The maximum atomic E-state index is 11.6. The standard InChI is InChI=1S/C19H20O5/c1-23-17-13-15(12-16(20)19(17)22)8-5-11-24-18(21)10-9-14-6-3-2-4-7-14/h2-4,6-7,9-10,12-13,20,22H,5,8,11H2,1H3. The highest BCUT2D eigenvalue weighted by Gasteiger charge is 2.09. The van der Waals surface area contributed by atoms with Crippen molar-refractivity contribution in [2.75, 3.05) is 13.7 Å². The number of carbonyl (C=O) groups excluding carboxylic acids is 1. The average Bonchev–Trinajstić information content (AvgIpc) is 2.60. The fourth-order valence-electron chi connectivity index (χ4n) is 2.17. The summed E-state index contributed by atoms with van der Waals surface area (Å²) < 4.78 is 10.1. The van der Waals surface area contributed by atoms with Gasteiger partial charge in [-0.05, 0) is 42.2 Å². The summed E-state index contributed by atoms with van der Waals surface area (Å²) in [4.78, 5) is 11.6. The summed E-state index contributed by atoms with van der Waals surface area (Å²) in [5, 5.41) is 19.2. The second kappa shape index (κ2) is 8.62. The summed E-state index contributed by atoms with van der Waals surface area (Å²) >= 11 is 0. The predicted octanol–water partition coefficient (Wildman–Crippen LogP) is 3.30. The van der Waals surface area contributed by atoms with Crippen LogP contribution in [0.15, 0.2) is 48.5 Å². The molecule has 24 heavy (non-hydrogen) atoms. The summed E-state index contributed by atoms with van der Waals surface area (Å²) in [7, 11) is 1.42. The molecule has 0 aliphatic heterocycles. The molecule has 0 amide bonds. The largest absolute Gasteiger partial charge is 0.504 e. The fraction of sp³-hybridized carbons (Fsp3) is 0.211. The van der Waals surface area contributed by atoms with Crippen molar-refractivity contribution in [1.29, 1.82) is 0 Å². The number of rotatable bonds is 7. The lowest BCUT2D eigenvalue weighted by molar-refractivity contribution is -0.137. The Morgan fingerprint density at radius 3 is 2.62 bits per heavy atom. The lowest BCUT2D eigenvalue weighted by Crippen LogP contribution is -2.03. The lowest BCUT2D eigenvalue weighted by Gasteiger charge is -2.08. The molecule has 2 aromatic carbocycles. The van der Waals surface area contributed by atoms with Gasteiger partial charge in [-0.2, -0.15) is 0 Å². The van der Waals surface area contributed by atoms with Crippen molar-refractivity contribution in [3.63, 3.8) is 0 Å². The molecule has 0 aliphatic carbocycles. The molecule has 0 bridgehead atoms. The summed E-state index contributed by atoms with van der Waals surface area (Å²) in [6, 6.07) is 12.6. The fourth-order valence-corrected chi connectivity index (χ4v) is 2.17. The first kappa shape index (κ1) is 17.4. The van der Waals surface area contributed by atoms with E-state index in [0.29, 0.717) is 12.8 Å². The molecule has 0 aromatic heterocycles. The second-order valence-corrected chi connectivity index (χ2v) is 5.18. The number of hydrogen-bond donors (Lipinski definition) is 2. The van der Waals surface area contributed by atoms with Crippen LogP contribution in [0.4, 0.5) is 0 Å². The van der Waals surface area contributed by atoms with Crippen LogP contribution in [0.2, 0.25) is 0 Å². The molecule has 126 valence electrons. The van der Waals surface area contributed by atoms with E-state index in [0.717, 1.165) is 11.1 Å². The molecule has 5 nitrogen and oxygen atoms in total. The van der Waals surface area contributed by atoms with Crippen LogP contribution in [-0.2, 0) is 16.0 Å². The van der Waals surface area contributed by atoms with E-state index in [1.165, 1.54) is 19.3 Å². The van der Waals surface area contributed by atoms with Crippen LogP contribution in [-0.4, -0.2) is 29.9 Å². The highest BCUT2D eigenvalue weighted by atomic mass is 16.5. The smallest absolute Gasteiger partial charge is 0.330 e. The molecule has 0 aliphatic rings. The zero-order chi connectivity index (χ0) is 17.4. The zero-order valence-corrected chi connectivity index (χ0v) is 13.4. The van der Waals surface area contributed by atoms with E-state index >= 15 is 0 Å². The van der Waals surface area contributed by atoms with Gasteiger partial charge in [-0.1, -0.05) is 30.3 Å². The number of phenols is 2. The molecule has 5 heteroatoms. The number of esters is 1. The van der Waals surface area contributed by atoms with Crippen LogP contribution < -0.4 is 4.74 Å². The van der Waals surface area contributed by atoms with E-state index in [1.807, 2.05) is 30.3 Å². The summed E-state index contributed by atoms with van der Waals surface area (Å²) in [6.45, 7) is 0.266. The molecular formula is C19H20O5. The maximum absolute atomic E-state index is 11.6. The van der Waals surface area contributed by atoms with Gasteiger partial charge in [-0.3, -0.25) is 0 Å². The number of aryl methyl sites for hydroxylation is 1. The van der Waals surface area contributed by atoms with Gasteiger partial charge in [0.15, 0.2) is 11.5 Å². The Labute approximate surface area is 140 Å². The lowest BCUT2D eigenvalue weighted by atomic mass is 10.1. The molecule has 0 unspecified atom stereocenters. The molecule has 2 N–H and O–H groups in total. The van der Waals surface area contributed by atoms with E-state index < -0.39 is 5.97 Å². The van der Waals surface area contributed by atoms with Crippen LogP contribution in [0.5, 0.6) is 17.2 Å². The number of phenolic OH excluding ortho intramolecular Hbond substituents is 2. The van der Waals surface area contributed by atoms with Crippen molar-refractivity contribution in [1.82, 2.24) is 0 Å². The van der Waals surface area contributed by atoms with E-state index in [1.54, 1.807) is 12.1 Å². The second-order valence-electron chi connectivity index (χ2n) is 5.18. The van der Waals surface area contributed by atoms with Crippen LogP contribution in [0, 0.1) is 0 Å². The average molecular weight is 328 g/mol. The van der Waals surface area contributed by atoms with Crippen molar-refractivity contribution >= 4 is 12.0 Å². The summed E-state index contributed by atoms with van der Waals surface area (Å²) in [5.74, 6) is -0.691. The molecule has 0 fully saturated rings. The Morgan fingerprint density at radius 2 is 1.92 bits per heavy atom. The van der Waals surface area contributed by atoms with Crippen LogP contribution >= 0.6 is 0 Å². The van der Waals surface area contributed by atoms with Crippen molar-refractivity contribution < 1.29 is 24.5 Å². The first-order valence-corrected chi connectivity index (χ1v) is 7.59. The SMILES string of the molecule is COc1cc(CCCOC(=O)C=Cc2ccccc2)cc(O)c1O. The van der Waals surface area contributed by atoms with Gasteiger partial charge in [0.05, 0.1) is 13.7 Å². The van der Waals surface area contributed by atoms with E-state index in [-0.39, 0.29) is 23.9 Å². The van der Waals surface area contributed by atoms with E-state index in [2.05, 4.69) is 0 Å². The number of ether oxygens (including phenoxy) is 2. The quantitative estimate of drug-likeness (QED) is 0.353. The van der Waals surface area contributed by atoms with Gasteiger partial charge in [0, 0.05) is 6.08 Å². The van der Waals surface area contributed by atoms with Gasteiger partial charge < -0.3 is 19.7 Å². The van der Waals surface area contributed by atoms with Gasteiger partial charge in [0.1, 0.15) is 0 Å². The van der Waals surface area contributed by atoms with Gasteiger partial charge >= 0.3 is 5.97 Å². The third-order valence-corrected chi connectivity index (χ3v) is 3.40. The molecule has 0 spiro atoms. The van der Waals surface area contributed by atoms with Gasteiger partial charge in [-0.25, -0.2) is 4.79 Å². The highest BCUT2D eigenvalue weighted by Crippen LogP contribution is 2.36. The molecule has 2 rings (SSSR count). The van der Waals surface area contributed by atoms with Crippen molar-refractivity contribution in [2.24, 2.45) is 0 Å².